The maximum absolute atomic E-state index is 14.6. The molecule has 5 heteroatoms. The fourth-order valence-electron chi connectivity index (χ4n) is 5.16. The van der Waals surface area contributed by atoms with E-state index >= 15 is 0 Å². The van der Waals surface area contributed by atoms with Crippen LogP contribution in [0.3, 0.4) is 0 Å². The van der Waals surface area contributed by atoms with Crippen molar-refractivity contribution in [3.8, 4) is 5.75 Å². The zero-order valence-electron chi connectivity index (χ0n) is 19.8. The Balaban J connectivity index is 1.32. The molecule has 0 amide bonds. The Kier molecular flexibility index (Phi) is 8.37. The third kappa shape index (κ3) is 5.75. The molecule has 0 N–H and O–H groups in total. The second kappa shape index (κ2) is 11.4. The van der Waals surface area contributed by atoms with Gasteiger partial charge in [0.15, 0.2) is 17.9 Å². The fraction of sp³-hybridized carbons (Fsp3) is 0.571. The predicted molar refractivity (Wildman–Crippen MR) is 126 cm³/mol. The van der Waals surface area contributed by atoms with Crippen LogP contribution in [-0.2, 0) is 9.47 Å². The van der Waals surface area contributed by atoms with Crippen molar-refractivity contribution in [3.63, 3.8) is 0 Å². The molecule has 2 aromatic rings. The van der Waals surface area contributed by atoms with Crippen molar-refractivity contribution in [1.82, 2.24) is 0 Å². The van der Waals surface area contributed by atoms with Crippen LogP contribution < -0.4 is 4.74 Å². The largest absolute Gasteiger partial charge is 0.490 e. The number of halogens is 2. The summed E-state index contributed by atoms with van der Waals surface area (Å²) in [5.74, 6) is -0.382. The van der Waals surface area contributed by atoms with Gasteiger partial charge in [0.1, 0.15) is 0 Å². The molecule has 1 aliphatic heterocycles. The molecule has 1 saturated heterocycles. The molecule has 2 fully saturated rings. The highest BCUT2D eigenvalue weighted by molar-refractivity contribution is 5.32. The van der Waals surface area contributed by atoms with Crippen LogP contribution in [0, 0.1) is 17.6 Å². The Morgan fingerprint density at radius 3 is 2.03 bits per heavy atom. The van der Waals surface area contributed by atoms with Gasteiger partial charge in [-0.25, -0.2) is 4.39 Å². The number of benzene rings is 2. The van der Waals surface area contributed by atoms with E-state index in [2.05, 4.69) is 31.2 Å². The van der Waals surface area contributed by atoms with Crippen LogP contribution in [-0.4, -0.2) is 19.8 Å². The molecule has 2 aromatic carbocycles. The van der Waals surface area contributed by atoms with E-state index in [9.17, 15) is 8.78 Å². The molecule has 3 nitrogen and oxygen atoms in total. The Bertz CT molecular complexity index is 883. The molecule has 0 radical (unpaired) electrons. The minimum atomic E-state index is -0.991. The summed E-state index contributed by atoms with van der Waals surface area (Å²) >= 11 is 0. The van der Waals surface area contributed by atoms with Gasteiger partial charge < -0.3 is 14.2 Å². The van der Waals surface area contributed by atoms with Gasteiger partial charge in [-0.3, -0.25) is 0 Å². The summed E-state index contributed by atoms with van der Waals surface area (Å²) in [4.78, 5) is 0. The van der Waals surface area contributed by atoms with Gasteiger partial charge in [0, 0.05) is 11.5 Å². The van der Waals surface area contributed by atoms with E-state index in [0.717, 1.165) is 17.9 Å². The monoisotopic (exact) mass is 458 g/mol. The molecule has 33 heavy (non-hydrogen) atoms. The quantitative estimate of drug-likeness (QED) is 0.406. The smallest absolute Gasteiger partial charge is 0.201 e. The summed E-state index contributed by atoms with van der Waals surface area (Å²) in [5, 5.41) is 0. The van der Waals surface area contributed by atoms with E-state index in [1.807, 2.05) is 6.92 Å². The van der Waals surface area contributed by atoms with Crippen LogP contribution in [0.5, 0.6) is 5.75 Å². The normalized spacial score (nSPS) is 25.7. The average Bonchev–Trinajstić information content (AvgIpc) is 2.86. The Morgan fingerprint density at radius 2 is 1.42 bits per heavy atom. The van der Waals surface area contributed by atoms with Crippen molar-refractivity contribution >= 4 is 0 Å². The van der Waals surface area contributed by atoms with E-state index in [1.54, 1.807) is 0 Å². The summed E-state index contributed by atoms with van der Waals surface area (Å²) in [5.41, 5.74) is 2.66. The molecule has 180 valence electrons. The van der Waals surface area contributed by atoms with Crippen LogP contribution in [0.4, 0.5) is 8.78 Å². The van der Waals surface area contributed by atoms with Crippen LogP contribution >= 0.6 is 0 Å². The first-order chi connectivity index (χ1) is 16.1. The maximum atomic E-state index is 14.6. The van der Waals surface area contributed by atoms with Crippen molar-refractivity contribution in [3.05, 3.63) is 64.7 Å². The van der Waals surface area contributed by atoms with Gasteiger partial charge >= 0.3 is 0 Å². The first kappa shape index (κ1) is 24.2. The van der Waals surface area contributed by atoms with Gasteiger partial charge in [0.25, 0.3) is 0 Å². The van der Waals surface area contributed by atoms with E-state index in [0.29, 0.717) is 25.7 Å². The van der Waals surface area contributed by atoms with Gasteiger partial charge in [-0.15, -0.1) is 0 Å². The molecule has 0 atom stereocenters. The highest BCUT2D eigenvalue weighted by atomic mass is 19.2. The Labute approximate surface area is 196 Å². The van der Waals surface area contributed by atoms with E-state index in [4.69, 9.17) is 14.2 Å². The fourth-order valence-corrected chi connectivity index (χ4v) is 5.16. The summed E-state index contributed by atoms with van der Waals surface area (Å²) in [6.07, 6.45) is 7.72. The second-order valence-electron chi connectivity index (χ2n) is 9.50. The molecule has 1 saturated carbocycles. The number of rotatable bonds is 8. The zero-order chi connectivity index (χ0) is 23.2. The molecule has 1 heterocycles. The second-order valence-corrected chi connectivity index (χ2v) is 9.50. The van der Waals surface area contributed by atoms with Crippen LogP contribution in [0.2, 0.25) is 0 Å². The topological polar surface area (TPSA) is 27.7 Å². The lowest BCUT2D eigenvalue weighted by molar-refractivity contribution is -0.193. The summed E-state index contributed by atoms with van der Waals surface area (Å²) in [6, 6.07) is 11.8. The van der Waals surface area contributed by atoms with Crippen molar-refractivity contribution in [1.29, 1.82) is 0 Å². The highest BCUT2D eigenvalue weighted by Gasteiger charge is 2.29. The average molecular weight is 459 g/mol. The standard InChI is InChI=1S/C28H36F2O3/c1-3-5-19-6-8-20(9-7-19)21-10-12-22(13-11-21)23-17-32-28(33-18-23)24-14-15-25(31-16-4-2)27(30)26(24)29/h10-15,19-20,23,28H,3-9,16-18H2,1-2H3. The van der Waals surface area contributed by atoms with Crippen LogP contribution in [0.25, 0.3) is 0 Å². The first-order valence-corrected chi connectivity index (χ1v) is 12.5. The molecule has 2 aliphatic rings. The SMILES string of the molecule is CCCOc1ccc(C2OCC(c3ccc(C4CCC(CCC)CC4)cc3)CO2)c(F)c1F. The Morgan fingerprint density at radius 1 is 0.788 bits per heavy atom. The molecule has 0 bridgehead atoms. The third-order valence-corrected chi connectivity index (χ3v) is 7.11. The predicted octanol–water partition coefficient (Wildman–Crippen LogP) is 7.66. The molecular formula is C28H36F2O3. The van der Waals surface area contributed by atoms with E-state index in [1.165, 1.54) is 56.2 Å². The maximum Gasteiger partial charge on any atom is 0.201 e. The lowest BCUT2D eigenvalue weighted by atomic mass is 9.77. The lowest BCUT2D eigenvalue weighted by Gasteiger charge is -2.31. The molecule has 0 unspecified atom stereocenters. The van der Waals surface area contributed by atoms with Crippen molar-refractivity contribution in [2.24, 2.45) is 5.92 Å². The van der Waals surface area contributed by atoms with Gasteiger partial charge in [0.05, 0.1) is 19.8 Å². The molecule has 0 aromatic heterocycles. The van der Waals surface area contributed by atoms with Crippen molar-refractivity contribution in [2.45, 2.75) is 76.9 Å². The number of hydrogen-bond donors (Lipinski definition) is 0. The zero-order valence-corrected chi connectivity index (χ0v) is 19.8. The van der Waals surface area contributed by atoms with Crippen molar-refractivity contribution in [2.75, 3.05) is 19.8 Å². The van der Waals surface area contributed by atoms with E-state index in [-0.39, 0.29) is 17.2 Å². The summed E-state index contributed by atoms with van der Waals surface area (Å²) in [6.45, 7) is 5.34. The molecule has 4 rings (SSSR count). The Hall–Kier alpha value is -1.98. The lowest BCUT2D eigenvalue weighted by Crippen LogP contribution is -2.26. The minimum absolute atomic E-state index is 0.0730. The first-order valence-electron chi connectivity index (χ1n) is 12.5. The van der Waals surface area contributed by atoms with Gasteiger partial charge in [-0.05, 0) is 67.2 Å². The van der Waals surface area contributed by atoms with Crippen LogP contribution in [0.15, 0.2) is 36.4 Å². The number of ether oxygens (including phenoxy) is 3. The van der Waals surface area contributed by atoms with E-state index < -0.39 is 17.9 Å². The van der Waals surface area contributed by atoms with Crippen molar-refractivity contribution < 1.29 is 23.0 Å². The summed E-state index contributed by atoms with van der Waals surface area (Å²) in [7, 11) is 0. The van der Waals surface area contributed by atoms with Gasteiger partial charge in [-0.2, -0.15) is 4.39 Å². The third-order valence-electron chi connectivity index (χ3n) is 7.11. The molecule has 0 spiro atoms. The molecular weight excluding hydrogens is 422 g/mol. The number of hydrogen-bond acceptors (Lipinski definition) is 3. The minimum Gasteiger partial charge on any atom is -0.490 e. The van der Waals surface area contributed by atoms with Gasteiger partial charge in [-0.1, -0.05) is 51.0 Å². The molecule has 1 aliphatic carbocycles. The van der Waals surface area contributed by atoms with Gasteiger partial charge in [0.2, 0.25) is 5.82 Å². The highest BCUT2D eigenvalue weighted by Crippen LogP contribution is 2.38. The van der Waals surface area contributed by atoms with Crippen LogP contribution in [0.1, 0.15) is 93.6 Å². The summed E-state index contributed by atoms with van der Waals surface area (Å²) < 4.78 is 45.7.